The molecular formula is C25H21ClFN5O4. The number of likely N-dealkylation sites (tertiary alicyclic amines) is 1. The normalized spacial score (nSPS) is 20.1. The first-order valence-electron chi connectivity index (χ1n) is 11.4. The van der Waals surface area contributed by atoms with Gasteiger partial charge in [0.2, 0.25) is 5.91 Å². The van der Waals surface area contributed by atoms with Crippen molar-refractivity contribution >= 4 is 40.4 Å². The van der Waals surface area contributed by atoms with E-state index in [1.807, 2.05) is 6.07 Å². The number of amides is 2. The van der Waals surface area contributed by atoms with Crippen LogP contribution in [0.3, 0.4) is 0 Å². The highest BCUT2D eigenvalue weighted by Gasteiger charge is 2.55. The second-order valence-corrected chi connectivity index (χ2v) is 9.34. The maximum atomic E-state index is 14.1. The fraction of sp³-hybridized carbons (Fsp3) is 0.320. The molecule has 1 aromatic carbocycles. The van der Waals surface area contributed by atoms with Crippen LogP contribution in [0.5, 0.6) is 0 Å². The van der Waals surface area contributed by atoms with Gasteiger partial charge in [0.15, 0.2) is 12.0 Å². The summed E-state index contributed by atoms with van der Waals surface area (Å²) in [6.45, 7) is 1.17. The molecule has 3 heterocycles. The molecule has 0 spiro atoms. The number of pyridine rings is 1. The van der Waals surface area contributed by atoms with Gasteiger partial charge in [-0.2, -0.15) is 5.26 Å². The number of carbonyl (C=O) groups is 3. The van der Waals surface area contributed by atoms with Crippen molar-refractivity contribution in [3.8, 4) is 6.07 Å². The summed E-state index contributed by atoms with van der Waals surface area (Å²) < 4.78 is 21.1. The standard InChI is InChI=1S/C25H21ClFN5O4/c1-13(33)18-11-31(24-17(18)6-5-16(9-28)30-24)12-21(34)32-20-7-15(20)8-22(32)36-25(35)29-10-14-3-2-4-19(26)23(14)27/h2-6,11,15,20,22H,7-8,10,12H2,1H3,(H,29,35)/t15-,20-,22+/m1/s1. The van der Waals surface area contributed by atoms with Crippen molar-refractivity contribution in [3.05, 3.63) is 64.2 Å². The number of nitrogens with zero attached hydrogens (tertiary/aromatic N) is 4. The molecule has 1 aliphatic heterocycles. The minimum Gasteiger partial charge on any atom is -0.425 e. The number of hydrogen-bond acceptors (Lipinski definition) is 6. The Hall–Kier alpha value is -3.97. The predicted molar refractivity (Wildman–Crippen MR) is 126 cm³/mol. The maximum absolute atomic E-state index is 14.1. The third-order valence-corrected chi connectivity index (χ3v) is 6.86. The molecule has 1 saturated heterocycles. The average molecular weight is 510 g/mol. The molecule has 0 radical (unpaired) electrons. The number of alkyl carbamates (subject to hydrolysis) is 1. The molecule has 11 heteroatoms. The molecule has 2 aliphatic rings. The molecule has 184 valence electrons. The monoisotopic (exact) mass is 509 g/mol. The van der Waals surface area contributed by atoms with Crippen LogP contribution in [0.1, 0.15) is 41.4 Å². The number of ketones is 1. The molecule has 0 unspecified atom stereocenters. The Morgan fingerprint density at radius 2 is 2.08 bits per heavy atom. The minimum atomic E-state index is -0.774. The van der Waals surface area contributed by atoms with Gasteiger partial charge >= 0.3 is 6.09 Å². The van der Waals surface area contributed by atoms with Gasteiger partial charge in [0.1, 0.15) is 29.8 Å². The lowest BCUT2D eigenvalue weighted by Crippen LogP contribution is -2.44. The first kappa shape index (κ1) is 23.8. The van der Waals surface area contributed by atoms with Gasteiger partial charge in [0.05, 0.1) is 5.02 Å². The number of ether oxygens (including phenoxy) is 1. The van der Waals surface area contributed by atoms with Gasteiger partial charge in [0.25, 0.3) is 0 Å². The van der Waals surface area contributed by atoms with E-state index in [1.54, 1.807) is 27.8 Å². The zero-order valence-electron chi connectivity index (χ0n) is 19.2. The fourth-order valence-electron chi connectivity index (χ4n) is 4.73. The van der Waals surface area contributed by atoms with E-state index in [0.29, 0.717) is 23.0 Å². The Balaban J connectivity index is 1.30. The van der Waals surface area contributed by atoms with Crippen LogP contribution in [0.2, 0.25) is 5.02 Å². The van der Waals surface area contributed by atoms with Crippen LogP contribution >= 0.6 is 11.6 Å². The number of aromatic nitrogens is 2. The highest BCUT2D eigenvalue weighted by molar-refractivity contribution is 6.30. The van der Waals surface area contributed by atoms with E-state index < -0.39 is 18.1 Å². The van der Waals surface area contributed by atoms with Crippen LogP contribution in [-0.4, -0.2) is 44.5 Å². The lowest BCUT2D eigenvalue weighted by molar-refractivity contribution is -0.140. The van der Waals surface area contributed by atoms with Crippen molar-refractivity contribution in [2.45, 2.75) is 45.1 Å². The van der Waals surface area contributed by atoms with E-state index in [1.165, 1.54) is 25.1 Å². The molecule has 2 amide bonds. The number of carbonyl (C=O) groups excluding carboxylic acids is 3. The molecule has 2 fully saturated rings. The summed E-state index contributed by atoms with van der Waals surface area (Å²) in [6, 6.07) is 9.60. The minimum absolute atomic E-state index is 0.0302. The first-order chi connectivity index (χ1) is 17.3. The molecule has 0 bridgehead atoms. The third kappa shape index (κ3) is 4.38. The topological polar surface area (TPSA) is 117 Å². The first-order valence-corrected chi connectivity index (χ1v) is 11.7. The quantitative estimate of drug-likeness (QED) is 0.505. The van der Waals surface area contributed by atoms with Crippen LogP contribution in [0, 0.1) is 23.1 Å². The van der Waals surface area contributed by atoms with E-state index >= 15 is 0 Å². The van der Waals surface area contributed by atoms with Crippen molar-refractivity contribution in [3.63, 3.8) is 0 Å². The van der Waals surface area contributed by atoms with Gasteiger partial charge in [-0.1, -0.05) is 23.7 Å². The van der Waals surface area contributed by atoms with E-state index in [4.69, 9.17) is 16.3 Å². The number of hydrogen-bond donors (Lipinski definition) is 1. The SMILES string of the molecule is CC(=O)c1cn(CC(=O)N2[C@@H](OC(=O)NCc3cccc(Cl)c3F)C[C@H]3C[C@H]32)c2nc(C#N)ccc12. The summed E-state index contributed by atoms with van der Waals surface area (Å²) >= 11 is 5.78. The zero-order valence-corrected chi connectivity index (χ0v) is 20.0. The van der Waals surface area contributed by atoms with E-state index in [9.17, 15) is 24.0 Å². The molecule has 36 heavy (non-hydrogen) atoms. The van der Waals surface area contributed by atoms with Crippen molar-refractivity contribution < 1.29 is 23.5 Å². The molecule has 1 N–H and O–H groups in total. The summed E-state index contributed by atoms with van der Waals surface area (Å²) in [5.41, 5.74) is 1.15. The van der Waals surface area contributed by atoms with Gasteiger partial charge in [-0.15, -0.1) is 0 Å². The Kier molecular flexibility index (Phi) is 6.10. The summed E-state index contributed by atoms with van der Waals surface area (Å²) in [6.07, 6.45) is 1.35. The van der Waals surface area contributed by atoms with Crippen molar-refractivity contribution in [1.82, 2.24) is 19.8 Å². The Labute approximate surface area is 210 Å². The highest BCUT2D eigenvalue weighted by Crippen LogP contribution is 2.48. The second kappa shape index (κ2) is 9.24. The highest BCUT2D eigenvalue weighted by atomic mass is 35.5. The number of fused-ring (bicyclic) bond motifs is 2. The van der Waals surface area contributed by atoms with Gasteiger partial charge in [-0.3, -0.25) is 9.59 Å². The largest absolute Gasteiger partial charge is 0.425 e. The van der Waals surface area contributed by atoms with Crippen molar-refractivity contribution in [2.24, 2.45) is 5.92 Å². The average Bonchev–Trinajstić information content (AvgIpc) is 3.36. The Bertz CT molecular complexity index is 1450. The summed E-state index contributed by atoms with van der Waals surface area (Å²) in [4.78, 5) is 43.7. The lowest BCUT2D eigenvalue weighted by atomic mass is 10.1. The van der Waals surface area contributed by atoms with Crippen LogP contribution in [0.15, 0.2) is 36.5 Å². The summed E-state index contributed by atoms with van der Waals surface area (Å²) in [5, 5.41) is 12.2. The van der Waals surface area contributed by atoms with E-state index in [0.717, 1.165) is 6.42 Å². The number of halogens is 2. The van der Waals surface area contributed by atoms with Gasteiger partial charge < -0.3 is 19.5 Å². The smallest absolute Gasteiger partial charge is 0.409 e. The zero-order chi connectivity index (χ0) is 25.6. The van der Waals surface area contributed by atoms with Gasteiger partial charge in [-0.25, -0.2) is 14.2 Å². The van der Waals surface area contributed by atoms with Gasteiger partial charge in [-0.05, 0) is 37.5 Å². The molecule has 2 aromatic heterocycles. The Morgan fingerprint density at radius 1 is 1.28 bits per heavy atom. The molecule has 3 atom stereocenters. The predicted octanol–water partition coefficient (Wildman–Crippen LogP) is 3.78. The molecule has 5 rings (SSSR count). The number of nitriles is 1. The summed E-state index contributed by atoms with van der Waals surface area (Å²) in [5.74, 6) is -0.852. The molecule has 9 nitrogen and oxygen atoms in total. The van der Waals surface area contributed by atoms with Crippen LogP contribution < -0.4 is 5.32 Å². The molecule has 1 saturated carbocycles. The number of rotatable bonds is 6. The Morgan fingerprint density at radius 3 is 2.83 bits per heavy atom. The number of nitrogens with one attached hydrogen (secondary N) is 1. The second-order valence-electron chi connectivity index (χ2n) is 8.93. The van der Waals surface area contributed by atoms with Crippen molar-refractivity contribution in [1.29, 1.82) is 5.26 Å². The van der Waals surface area contributed by atoms with Crippen LogP contribution in [0.25, 0.3) is 11.0 Å². The van der Waals surface area contributed by atoms with Crippen molar-refractivity contribution in [2.75, 3.05) is 0 Å². The molecule has 1 aliphatic carbocycles. The molecular weight excluding hydrogens is 489 g/mol. The van der Waals surface area contributed by atoms with E-state index in [-0.39, 0.29) is 53.0 Å². The molecule has 3 aromatic rings. The number of benzene rings is 1. The third-order valence-electron chi connectivity index (χ3n) is 6.56. The van der Waals surface area contributed by atoms with Crippen LogP contribution in [0.4, 0.5) is 9.18 Å². The lowest BCUT2D eigenvalue weighted by Gasteiger charge is -2.27. The van der Waals surface area contributed by atoms with Crippen LogP contribution in [-0.2, 0) is 22.6 Å². The van der Waals surface area contributed by atoms with Gasteiger partial charge in [0, 0.05) is 41.7 Å². The summed E-state index contributed by atoms with van der Waals surface area (Å²) in [7, 11) is 0. The number of piperidine rings is 1. The maximum Gasteiger partial charge on any atom is 0.409 e. The van der Waals surface area contributed by atoms with E-state index in [2.05, 4.69) is 10.3 Å². The fourth-order valence-corrected chi connectivity index (χ4v) is 4.93. The number of Topliss-reactive ketones (excluding diaryl/α,β-unsaturated/α-hetero) is 1.